The van der Waals surface area contributed by atoms with Gasteiger partial charge in [-0.1, -0.05) is 0 Å². The molecule has 2 unspecified atom stereocenters. The van der Waals surface area contributed by atoms with E-state index in [9.17, 15) is 4.79 Å². The van der Waals surface area contributed by atoms with Crippen molar-refractivity contribution in [2.24, 2.45) is 0 Å². The molecule has 0 spiro atoms. The van der Waals surface area contributed by atoms with Crippen molar-refractivity contribution in [3.63, 3.8) is 0 Å². The largest absolute Gasteiger partial charge is 0.463 e. The SMILES string of the molecule is [C-]#[N+]C(C(=O)OC)C(C)O. The fourth-order valence-corrected chi connectivity index (χ4v) is 0.478. The average molecular weight is 143 g/mol. The van der Waals surface area contributed by atoms with E-state index in [1.807, 2.05) is 0 Å². The van der Waals surface area contributed by atoms with Crippen LogP contribution in [0.4, 0.5) is 0 Å². The Balaban J connectivity index is 4.11. The molecule has 0 aromatic carbocycles. The van der Waals surface area contributed by atoms with Crippen LogP contribution in [0.1, 0.15) is 6.92 Å². The molecule has 0 bridgehead atoms. The van der Waals surface area contributed by atoms with Crippen molar-refractivity contribution in [1.82, 2.24) is 0 Å². The molecule has 0 aliphatic rings. The standard InChI is InChI=1S/C6H9NO3/c1-4(8)5(7-2)6(9)10-3/h4-5,8H,1,3H3. The number of rotatable bonds is 2. The molecule has 2 atom stereocenters. The molecule has 4 heteroatoms. The summed E-state index contributed by atoms with van der Waals surface area (Å²) in [5.74, 6) is -0.690. The summed E-state index contributed by atoms with van der Waals surface area (Å²) in [6.07, 6.45) is -0.968. The number of nitrogens with zero attached hydrogens (tertiary/aromatic N) is 1. The van der Waals surface area contributed by atoms with E-state index in [1.165, 1.54) is 14.0 Å². The Kier molecular flexibility index (Phi) is 3.44. The van der Waals surface area contributed by atoms with E-state index in [2.05, 4.69) is 9.58 Å². The summed E-state index contributed by atoms with van der Waals surface area (Å²) in [7, 11) is 1.18. The van der Waals surface area contributed by atoms with Crippen molar-refractivity contribution >= 4 is 5.97 Å². The van der Waals surface area contributed by atoms with Gasteiger partial charge in [-0.2, -0.15) is 0 Å². The van der Waals surface area contributed by atoms with Crippen molar-refractivity contribution in [2.75, 3.05) is 7.11 Å². The summed E-state index contributed by atoms with van der Waals surface area (Å²) in [5, 5.41) is 8.80. The first-order valence-corrected chi connectivity index (χ1v) is 2.76. The van der Waals surface area contributed by atoms with Crippen LogP contribution in [-0.2, 0) is 9.53 Å². The zero-order valence-corrected chi connectivity index (χ0v) is 5.87. The molecule has 0 radical (unpaired) electrons. The quantitative estimate of drug-likeness (QED) is 0.431. The van der Waals surface area contributed by atoms with Gasteiger partial charge in [0, 0.05) is 0 Å². The third-order valence-corrected chi connectivity index (χ3v) is 1.04. The van der Waals surface area contributed by atoms with Crippen LogP contribution in [0.3, 0.4) is 0 Å². The van der Waals surface area contributed by atoms with Gasteiger partial charge in [-0.25, -0.2) is 11.4 Å². The molecule has 0 aliphatic heterocycles. The highest BCUT2D eigenvalue weighted by Crippen LogP contribution is 1.99. The van der Waals surface area contributed by atoms with E-state index >= 15 is 0 Å². The van der Waals surface area contributed by atoms with E-state index < -0.39 is 18.1 Å². The zero-order valence-electron chi connectivity index (χ0n) is 5.87. The molecule has 10 heavy (non-hydrogen) atoms. The minimum atomic E-state index is -1.08. The first kappa shape index (κ1) is 8.92. The molecular weight excluding hydrogens is 134 g/mol. The van der Waals surface area contributed by atoms with E-state index in [1.54, 1.807) is 0 Å². The maximum Gasteiger partial charge on any atom is 0.392 e. The van der Waals surface area contributed by atoms with Gasteiger partial charge in [0.1, 0.15) is 6.10 Å². The Morgan fingerprint density at radius 3 is 2.40 bits per heavy atom. The number of carbonyl (C=O) groups excluding carboxylic acids is 1. The van der Waals surface area contributed by atoms with Gasteiger partial charge in [0.2, 0.25) is 0 Å². The molecule has 0 rings (SSSR count). The van der Waals surface area contributed by atoms with Gasteiger partial charge >= 0.3 is 12.0 Å². The zero-order chi connectivity index (χ0) is 8.15. The van der Waals surface area contributed by atoms with Gasteiger partial charge in [-0.3, -0.25) is 4.85 Å². The van der Waals surface area contributed by atoms with E-state index in [0.29, 0.717) is 0 Å². The minimum absolute atomic E-state index is 0.690. The molecule has 1 N–H and O–H groups in total. The predicted octanol–water partition coefficient (Wildman–Crippen LogP) is -0.172. The fraction of sp³-hybridized carbons (Fsp3) is 0.667. The van der Waals surface area contributed by atoms with E-state index in [0.717, 1.165) is 0 Å². The second-order valence-electron chi connectivity index (χ2n) is 1.84. The highest BCUT2D eigenvalue weighted by atomic mass is 16.5. The number of methoxy groups -OCH3 is 1. The molecular formula is C6H9NO3. The lowest BCUT2D eigenvalue weighted by Crippen LogP contribution is -2.29. The molecule has 0 fully saturated rings. The molecule has 0 saturated heterocycles. The lowest BCUT2D eigenvalue weighted by molar-refractivity contribution is -0.143. The predicted molar refractivity (Wildman–Crippen MR) is 34.1 cm³/mol. The molecule has 0 saturated carbocycles. The van der Waals surface area contributed by atoms with Crippen molar-refractivity contribution < 1.29 is 14.6 Å². The van der Waals surface area contributed by atoms with Crippen LogP contribution in [0, 0.1) is 6.57 Å². The summed E-state index contributed by atoms with van der Waals surface area (Å²) in [5.41, 5.74) is 0. The molecule has 0 amide bonds. The minimum Gasteiger partial charge on any atom is -0.463 e. The fourth-order valence-electron chi connectivity index (χ4n) is 0.478. The smallest absolute Gasteiger partial charge is 0.392 e. The first-order valence-electron chi connectivity index (χ1n) is 2.76. The van der Waals surface area contributed by atoms with Crippen LogP contribution in [-0.4, -0.2) is 30.3 Å². The third kappa shape index (κ3) is 2.03. The van der Waals surface area contributed by atoms with Crippen LogP contribution < -0.4 is 0 Å². The average Bonchev–Trinajstić information content (AvgIpc) is 1.88. The molecule has 0 aliphatic carbocycles. The highest BCUT2D eigenvalue weighted by molar-refractivity contribution is 5.78. The molecule has 0 heterocycles. The summed E-state index contributed by atoms with van der Waals surface area (Å²) >= 11 is 0. The number of hydrogen-bond acceptors (Lipinski definition) is 3. The van der Waals surface area contributed by atoms with E-state index in [4.69, 9.17) is 11.7 Å². The maximum atomic E-state index is 10.6. The topological polar surface area (TPSA) is 50.9 Å². The number of carbonyl (C=O) groups is 1. The maximum absolute atomic E-state index is 10.6. The van der Waals surface area contributed by atoms with Gasteiger partial charge in [0.15, 0.2) is 0 Å². The van der Waals surface area contributed by atoms with Gasteiger partial charge < -0.3 is 9.84 Å². The van der Waals surface area contributed by atoms with Crippen LogP contribution in [0.2, 0.25) is 0 Å². The normalized spacial score (nSPS) is 15.0. The summed E-state index contributed by atoms with van der Waals surface area (Å²) in [6, 6.07) is -1.08. The number of aliphatic hydroxyl groups excluding tert-OH is 1. The molecule has 0 aromatic heterocycles. The van der Waals surface area contributed by atoms with Gasteiger partial charge in [-0.05, 0) is 6.92 Å². The van der Waals surface area contributed by atoms with Crippen molar-refractivity contribution in [3.05, 3.63) is 11.4 Å². The Bertz CT molecular complexity index is 159. The number of aliphatic hydroxyl groups is 1. The van der Waals surface area contributed by atoms with Crippen LogP contribution in [0.5, 0.6) is 0 Å². The van der Waals surface area contributed by atoms with Crippen molar-refractivity contribution in [3.8, 4) is 0 Å². The van der Waals surface area contributed by atoms with Crippen molar-refractivity contribution in [2.45, 2.75) is 19.1 Å². The Morgan fingerprint density at radius 1 is 1.80 bits per heavy atom. The second-order valence-corrected chi connectivity index (χ2v) is 1.84. The lowest BCUT2D eigenvalue weighted by atomic mass is 10.2. The van der Waals surface area contributed by atoms with Gasteiger partial charge in [0.25, 0.3) is 0 Å². The van der Waals surface area contributed by atoms with Gasteiger partial charge in [-0.15, -0.1) is 0 Å². The molecule has 56 valence electrons. The van der Waals surface area contributed by atoms with Crippen molar-refractivity contribution in [1.29, 1.82) is 0 Å². The Labute approximate surface area is 59.2 Å². The first-order chi connectivity index (χ1) is 4.63. The third-order valence-electron chi connectivity index (χ3n) is 1.04. The van der Waals surface area contributed by atoms with Crippen LogP contribution in [0.15, 0.2) is 0 Å². The molecule has 0 aromatic rings. The number of ether oxygens (including phenoxy) is 1. The summed E-state index contributed by atoms with van der Waals surface area (Å²) in [4.78, 5) is 13.5. The Hall–Kier alpha value is -1.08. The number of esters is 1. The highest BCUT2D eigenvalue weighted by Gasteiger charge is 2.29. The second kappa shape index (κ2) is 3.85. The van der Waals surface area contributed by atoms with Gasteiger partial charge in [0.05, 0.1) is 7.11 Å². The monoisotopic (exact) mass is 143 g/mol. The number of hydrogen-bond donors (Lipinski definition) is 1. The summed E-state index contributed by atoms with van der Waals surface area (Å²) in [6.45, 7) is 7.86. The van der Waals surface area contributed by atoms with E-state index in [-0.39, 0.29) is 0 Å². The van der Waals surface area contributed by atoms with Crippen LogP contribution >= 0.6 is 0 Å². The summed E-state index contributed by atoms with van der Waals surface area (Å²) < 4.78 is 4.25. The Morgan fingerprint density at radius 2 is 2.30 bits per heavy atom. The lowest BCUT2D eigenvalue weighted by Gasteiger charge is -2.04. The molecule has 4 nitrogen and oxygen atoms in total. The van der Waals surface area contributed by atoms with Crippen LogP contribution in [0.25, 0.3) is 4.85 Å².